The summed E-state index contributed by atoms with van der Waals surface area (Å²) in [5, 5.41) is 11.4. The molecule has 1 heteroatoms. The molecule has 7 aromatic carbocycles. The summed E-state index contributed by atoms with van der Waals surface area (Å²) < 4.78 is 0. The third-order valence-electron chi connectivity index (χ3n) is 7.30. The lowest BCUT2D eigenvalue weighted by Gasteiger charge is -2.10. The van der Waals surface area contributed by atoms with Gasteiger partial charge in [-0.3, -0.25) is 4.98 Å². The maximum absolute atomic E-state index is 4.41. The summed E-state index contributed by atoms with van der Waals surface area (Å²) in [5.41, 5.74) is 3.66. The van der Waals surface area contributed by atoms with Crippen molar-refractivity contribution < 1.29 is 0 Å². The average molecular weight is 484 g/mol. The van der Waals surface area contributed by atoms with Crippen molar-refractivity contribution in [2.45, 2.75) is 0 Å². The largest absolute Gasteiger partial charge is 0.256 e. The fourth-order valence-electron chi connectivity index (χ4n) is 5.39. The molecule has 1 heterocycles. The molecule has 0 unspecified atom stereocenters. The van der Waals surface area contributed by atoms with Gasteiger partial charge in [-0.05, 0) is 73.1 Å². The average Bonchev–Trinajstić information content (AvgIpc) is 3.00. The molecule has 0 N–H and O–H groups in total. The van der Waals surface area contributed by atoms with Crippen LogP contribution in [-0.2, 0) is 0 Å². The first-order valence-electron chi connectivity index (χ1n) is 13.0. The molecule has 0 bridgehead atoms. The predicted octanol–water partition coefficient (Wildman–Crippen LogP) is 10.2. The number of hydrogen-bond acceptors (Lipinski definition) is 1. The fourth-order valence-corrected chi connectivity index (χ4v) is 5.39. The number of nitrogens with zero attached hydrogens (tertiary/aromatic N) is 1. The van der Waals surface area contributed by atoms with Crippen molar-refractivity contribution >= 4 is 54.0 Å². The molecule has 0 saturated carbocycles. The highest BCUT2D eigenvalue weighted by molar-refractivity contribution is 6.06. The van der Waals surface area contributed by atoms with Crippen LogP contribution in [0.3, 0.4) is 0 Å². The van der Waals surface area contributed by atoms with E-state index in [0.717, 1.165) is 5.52 Å². The van der Waals surface area contributed by atoms with E-state index in [1.54, 1.807) is 0 Å². The molecule has 0 amide bonds. The standard InChI is InChI=1S/C24H16.C13H9N/c1-2-7-18-14-22(13-12-17(18)6-1)23-11-5-10-21-15-19-8-3-4-9-20(19)16-24(21)23;1-2-6-12-10(4-1)7-8-11-5-3-9-14-13(11)12/h1-16H;1-9H. The zero-order valence-corrected chi connectivity index (χ0v) is 20.9. The quantitative estimate of drug-likeness (QED) is 0.167. The molecule has 178 valence electrons. The molecule has 0 spiro atoms. The third-order valence-corrected chi connectivity index (χ3v) is 7.30. The zero-order valence-electron chi connectivity index (χ0n) is 20.9. The molecular weight excluding hydrogens is 458 g/mol. The van der Waals surface area contributed by atoms with Gasteiger partial charge in [0, 0.05) is 17.0 Å². The van der Waals surface area contributed by atoms with Crippen LogP contribution in [0.4, 0.5) is 0 Å². The Morgan fingerprint density at radius 2 is 0.947 bits per heavy atom. The first-order valence-corrected chi connectivity index (χ1v) is 13.0. The van der Waals surface area contributed by atoms with Gasteiger partial charge in [-0.2, -0.15) is 0 Å². The highest BCUT2D eigenvalue weighted by Gasteiger charge is 2.06. The van der Waals surface area contributed by atoms with Gasteiger partial charge in [0.1, 0.15) is 0 Å². The highest BCUT2D eigenvalue weighted by Crippen LogP contribution is 2.33. The van der Waals surface area contributed by atoms with E-state index in [2.05, 4.69) is 145 Å². The van der Waals surface area contributed by atoms with E-state index in [-0.39, 0.29) is 0 Å². The van der Waals surface area contributed by atoms with Crippen molar-refractivity contribution in [2.24, 2.45) is 0 Å². The number of pyridine rings is 1. The number of benzene rings is 7. The molecule has 1 nitrogen and oxygen atoms in total. The van der Waals surface area contributed by atoms with Crippen LogP contribution in [0, 0.1) is 0 Å². The summed E-state index contributed by atoms with van der Waals surface area (Å²) in [4.78, 5) is 4.41. The summed E-state index contributed by atoms with van der Waals surface area (Å²) in [5.74, 6) is 0. The van der Waals surface area contributed by atoms with Gasteiger partial charge in [0.2, 0.25) is 0 Å². The number of aromatic nitrogens is 1. The minimum atomic E-state index is 1.09. The van der Waals surface area contributed by atoms with Gasteiger partial charge in [0.25, 0.3) is 0 Å². The lowest BCUT2D eigenvalue weighted by atomic mass is 9.94. The van der Waals surface area contributed by atoms with Crippen LogP contribution in [0.25, 0.3) is 65.1 Å². The van der Waals surface area contributed by atoms with Gasteiger partial charge in [-0.15, -0.1) is 0 Å². The van der Waals surface area contributed by atoms with E-state index < -0.39 is 0 Å². The lowest BCUT2D eigenvalue weighted by molar-refractivity contribution is 1.43. The van der Waals surface area contributed by atoms with E-state index in [1.165, 1.54) is 59.6 Å². The van der Waals surface area contributed by atoms with E-state index in [1.807, 2.05) is 12.3 Å². The summed E-state index contributed by atoms with van der Waals surface area (Å²) in [6, 6.07) is 51.7. The Bertz CT molecular complexity index is 2030. The van der Waals surface area contributed by atoms with E-state index >= 15 is 0 Å². The molecule has 0 aliphatic heterocycles. The molecule has 0 aliphatic carbocycles. The molecule has 0 atom stereocenters. The van der Waals surface area contributed by atoms with Crippen LogP contribution >= 0.6 is 0 Å². The molecule has 0 radical (unpaired) electrons. The Labute approximate surface area is 221 Å². The Hall–Kier alpha value is -5.01. The van der Waals surface area contributed by atoms with Crippen molar-refractivity contribution in [3.8, 4) is 11.1 Å². The first-order chi connectivity index (χ1) is 18.8. The number of hydrogen-bond donors (Lipinski definition) is 0. The molecule has 8 rings (SSSR count). The second-order valence-electron chi connectivity index (χ2n) is 9.65. The number of fused-ring (bicyclic) bond motifs is 6. The van der Waals surface area contributed by atoms with Crippen LogP contribution in [0.15, 0.2) is 152 Å². The van der Waals surface area contributed by atoms with Crippen LogP contribution in [0.1, 0.15) is 0 Å². The Kier molecular flexibility index (Phi) is 5.53. The molecular formula is C37H25N. The molecule has 0 fully saturated rings. The van der Waals surface area contributed by atoms with E-state index in [9.17, 15) is 0 Å². The van der Waals surface area contributed by atoms with Crippen LogP contribution in [0.5, 0.6) is 0 Å². The minimum Gasteiger partial charge on any atom is -0.256 e. The molecule has 0 saturated heterocycles. The Balaban J connectivity index is 0.000000147. The normalized spacial score (nSPS) is 11.2. The van der Waals surface area contributed by atoms with Gasteiger partial charge in [-0.25, -0.2) is 0 Å². The maximum Gasteiger partial charge on any atom is 0.0780 e. The van der Waals surface area contributed by atoms with Crippen LogP contribution in [0.2, 0.25) is 0 Å². The van der Waals surface area contributed by atoms with Gasteiger partial charge < -0.3 is 0 Å². The summed E-state index contributed by atoms with van der Waals surface area (Å²) >= 11 is 0. The van der Waals surface area contributed by atoms with Gasteiger partial charge in [0.05, 0.1) is 5.52 Å². The van der Waals surface area contributed by atoms with Crippen molar-refractivity contribution in [1.82, 2.24) is 4.98 Å². The van der Waals surface area contributed by atoms with Crippen molar-refractivity contribution in [2.75, 3.05) is 0 Å². The highest BCUT2D eigenvalue weighted by atomic mass is 14.6. The van der Waals surface area contributed by atoms with E-state index in [0.29, 0.717) is 0 Å². The van der Waals surface area contributed by atoms with Gasteiger partial charge >= 0.3 is 0 Å². The Morgan fingerprint density at radius 3 is 1.79 bits per heavy atom. The summed E-state index contributed by atoms with van der Waals surface area (Å²) in [6.07, 6.45) is 1.84. The molecule has 8 aromatic rings. The molecule has 38 heavy (non-hydrogen) atoms. The third kappa shape index (κ3) is 4.05. The molecule has 1 aromatic heterocycles. The van der Waals surface area contributed by atoms with Gasteiger partial charge in [0.15, 0.2) is 0 Å². The van der Waals surface area contributed by atoms with E-state index in [4.69, 9.17) is 0 Å². The topological polar surface area (TPSA) is 12.9 Å². The SMILES string of the molecule is c1ccc2c(c1)ccc1cccnc12.c1ccc2cc(-c3cccc4cc5ccccc5cc34)ccc2c1. The second kappa shape index (κ2) is 9.46. The minimum absolute atomic E-state index is 1.09. The predicted molar refractivity (Wildman–Crippen MR) is 164 cm³/mol. The molecule has 0 aliphatic rings. The lowest BCUT2D eigenvalue weighted by Crippen LogP contribution is -1.83. The first kappa shape index (κ1) is 22.2. The van der Waals surface area contributed by atoms with Crippen molar-refractivity contribution in [1.29, 1.82) is 0 Å². The second-order valence-corrected chi connectivity index (χ2v) is 9.65. The van der Waals surface area contributed by atoms with Gasteiger partial charge in [-0.1, -0.05) is 121 Å². The Morgan fingerprint density at radius 1 is 0.342 bits per heavy atom. The number of rotatable bonds is 1. The van der Waals surface area contributed by atoms with Crippen LogP contribution < -0.4 is 0 Å². The fraction of sp³-hybridized carbons (Fsp3) is 0. The summed E-state index contributed by atoms with van der Waals surface area (Å²) in [6.45, 7) is 0. The zero-order chi connectivity index (χ0) is 25.3. The monoisotopic (exact) mass is 483 g/mol. The van der Waals surface area contributed by atoms with Crippen molar-refractivity contribution in [3.05, 3.63) is 152 Å². The smallest absolute Gasteiger partial charge is 0.0780 e. The summed E-state index contributed by atoms with van der Waals surface area (Å²) in [7, 11) is 0. The van der Waals surface area contributed by atoms with Crippen LogP contribution in [-0.4, -0.2) is 4.98 Å². The van der Waals surface area contributed by atoms with Crippen molar-refractivity contribution in [3.63, 3.8) is 0 Å². The maximum atomic E-state index is 4.41.